The second kappa shape index (κ2) is 7.50. The van der Waals surface area contributed by atoms with Crippen LogP contribution in [0.5, 0.6) is 0 Å². The number of hydrogen-bond acceptors (Lipinski definition) is 3. The summed E-state index contributed by atoms with van der Waals surface area (Å²) in [6, 6.07) is 16.1. The monoisotopic (exact) mass is 357 g/mol. The van der Waals surface area contributed by atoms with Crippen molar-refractivity contribution in [1.82, 2.24) is 4.31 Å². The standard InChI is InChI=1S/C20H23NO3S/c1-2-16-10-12-19(13-11-16)25(23,24)21-14-6-9-18(15-21)20(22)17-7-4-3-5-8-17/h3-5,7-8,10-13,18H,2,6,9,14-15H2,1H3. The first-order valence-electron chi connectivity index (χ1n) is 8.70. The lowest BCUT2D eigenvalue weighted by Crippen LogP contribution is -2.42. The van der Waals surface area contributed by atoms with Gasteiger partial charge in [-0.25, -0.2) is 8.42 Å². The molecule has 1 fully saturated rings. The van der Waals surface area contributed by atoms with Crippen LogP contribution < -0.4 is 0 Å². The molecule has 2 aromatic carbocycles. The van der Waals surface area contributed by atoms with E-state index in [1.807, 2.05) is 37.3 Å². The summed E-state index contributed by atoms with van der Waals surface area (Å²) in [7, 11) is -3.55. The minimum atomic E-state index is -3.55. The molecule has 5 heteroatoms. The zero-order chi connectivity index (χ0) is 17.9. The largest absolute Gasteiger partial charge is 0.294 e. The SMILES string of the molecule is CCc1ccc(S(=O)(=O)N2CCCC(C(=O)c3ccccc3)C2)cc1. The van der Waals surface area contributed by atoms with Gasteiger partial charge in [-0.15, -0.1) is 0 Å². The molecular weight excluding hydrogens is 334 g/mol. The highest BCUT2D eigenvalue weighted by Crippen LogP contribution is 2.26. The number of nitrogens with zero attached hydrogens (tertiary/aromatic N) is 1. The van der Waals surface area contributed by atoms with Gasteiger partial charge in [0.05, 0.1) is 4.90 Å². The van der Waals surface area contributed by atoms with Gasteiger partial charge < -0.3 is 0 Å². The smallest absolute Gasteiger partial charge is 0.243 e. The van der Waals surface area contributed by atoms with Crippen molar-refractivity contribution < 1.29 is 13.2 Å². The molecule has 3 rings (SSSR count). The molecule has 0 bridgehead atoms. The van der Waals surface area contributed by atoms with Crippen LogP contribution in [0.3, 0.4) is 0 Å². The summed E-state index contributed by atoms with van der Waals surface area (Å²) in [4.78, 5) is 13.0. The first kappa shape index (κ1) is 17.8. The molecule has 0 aliphatic carbocycles. The van der Waals surface area contributed by atoms with Crippen LogP contribution in [0.4, 0.5) is 0 Å². The minimum absolute atomic E-state index is 0.0295. The summed E-state index contributed by atoms with van der Waals surface area (Å²) >= 11 is 0. The molecule has 25 heavy (non-hydrogen) atoms. The predicted octanol–water partition coefficient (Wildman–Crippen LogP) is 3.53. The van der Waals surface area contributed by atoms with E-state index in [0.717, 1.165) is 18.4 Å². The van der Waals surface area contributed by atoms with E-state index in [1.54, 1.807) is 24.3 Å². The van der Waals surface area contributed by atoms with Gasteiger partial charge in [0, 0.05) is 24.6 Å². The molecule has 4 nitrogen and oxygen atoms in total. The Morgan fingerprint density at radius 3 is 2.40 bits per heavy atom. The molecule has 1 aliphatic heterocycles. The van der Waals surface area contributed by atoms with Crippen LogP contribution in [0.1, 0.15) is 35.7 Å². The maximum atomic E-state index is 12.9. The highest BCUT2D eigenvalue weighted by Gasteiger charge is 2.33. The Hall–Kier alpha value is -1.98. The van der Waals surface area contributed by atoms with Crippen molar-refractivity contribution in [3.05, 3.63) is 65.7 Å². The number of benzene rings is 2. The predicted molar refractivity (Wildman–Crippen MR) is 98.1 cm³/mol. The fraction of sp³-hybridized carbons (Fsp3) is 0.350. The molecule has 0 aromatic heterocycles. The molecule has 1 saturated heterocycles. The molecule has 1 heterocycles. The number of sulfonamides is 1. The van der Waals surface area contributed by atoms with Crippen LogP contribution in [0, 0.1) is 5.92 Å². The van der Waals surface area contributed by atoms with Crippen LogP contribution >= 0.6 is 0 Å². The van der Waals surface area contributed by atoms with Crippen molar-refractivity contribution in [2.45, 2.75) is 31.1 Å². The van der Waals surface area contributed by atoms with E-state index in [2.05, 4.69) is 0 Å². The normalized spacial score (nSPS) is 18.8. The average molecular weight is 357 g/mol. The summed E-state index contributed by atoms with van der Waals surface area (Å²) in [6.45, 7) is 2.76. The Labute approximate surface area is 149 Å². The molecule has 1 unspecified atom stereocenters. The molecule has 132 valence electrons. The number of rotatable bonds is 5. The lowest BCUT2D eigenvalue weighted by molar-refractivity contribution is 0.0872. The van der Waals surface area contributed by atoms with Gasteiger partial charge in [0.15, 0.2) is 5.78 Å². The number of piperidine rings is 1. The summed E-state index contributed by atoms with van der Waals surface area (Å²) in [5, 5.41) is 0. The number of aryl methyl sites for hydroxylation is 1. The fourth-order valence-corrected chi connectivity index (χ4v) is 4.78. The third-order valence-corrected chi connectivity index (χ3v) is 6.66. The molecule has 0 radical (unpaired) electrons. The topological polar surface area (TPSA) is 54.5 Å². The number of hydrogen-bond donors (Lipinski definition) is 0. The van der Waals surface area contributed by atoms with Crippen molar-refractivity contribution in [2.24, 2.45) is 5.92 Å². The van der Waals surface area contributed by atoms with E-state index >= 15 is 0 Å². The molecule has 2 aromatic rings. The Bertz CT molecular complexity index is 829. The molecule has 0 saturated carbocycles. The van der Waals surface area contributed by atoms with Gasteiger partial charge in [0.1, 0.15) is 0 Å². The lowest BCUT2D eigenvalue weighted by Gasteiger charge is -2.31. The Morgan fingerprint density at radius 2 is 1.76 bits per heavy atom. The third kappa shape index (κ3) is 3.83. The van der Waals surface area contributed by atoms with E-state index < -0.39 is 10.0 Å². The van der Waals surface area contributed by atoms with Crippen molar-refractivity contribution in [3.63, 3.8) is 0 Å². The van der Waals surface area contributed by atoms with E-state index in [1.165, 1.54) is 4.31 Å². The van der Waals surface area contributed by atoms with Gasteiger partial charge in [0.2, 0.25) is 10.0 Å². The number of Topliss-reactive ketones (excluding diaryl/α,β-unsaturated/α-hetero) is 1. The number of carbonyl (C=O) groups excluding carboxylic acids is 1. The van der Waals surface area contributed by atoms with Gasteiger partial charge in [-0.1, -0.05) is 49.4 Å². The average Bonchev–Trinajstić information content (AvgIpc) is 2.68. The highest BCUT2D eigenvalue weighted by atomic mass is 32.2. The highest BCUT2D eigenvalue weighted by molar-refractivity contribution is 7.89. The molecule has 0 spiro atoms. The zero-order valence-electron chi connectivity index (χ0n) is 14.4. The quantitative estimate of drug-likeness (QED) is 0.769. The second-order valence-electron chi connectivity index (χ2n) is 6.43. The molecule has 0 amide bonds. The van der Waals surface area contributed by atoms with Crippen LogP contribution in [-0.2, 0) is 16.4 Å². The minimum Gasteiger partial charge on any atom is -0.294 e. The summed E-state index contributed by atoms with van der Waals surface area (Å²) < 4.78 is 27.3. The fourth-order valence-electron chi connectivity index (χ4n) is 3.26. The van der Waals surface area contributed by atoms with Crippen LogP contribution in [0.15, 0.2) is 59.5 Å². The Kier molecular flexibility index (Phi) is 5.35. The van der Waals surface area contributed by atoms with E-state index in [-0.39, 0.29) is 18.2 Å². The summed E-state index contributed by atoms with van der Waals surface area (Å²) in [6.07, 6.45) is 2.31. The van der Waals surface area contributed by atoms with E-state index in [9.17, 15) is 13.2 Å². The van der Waals surface area contributed by atoms with Gasteiger partial charge in [-0.2, -0.15) is 4.31 Å². The molecular formula is C20H23NO3S. The van der Waals surface area contributed by atoms with Crippen LogP contribution in [0.25, 0.3) is 0 Å². The summed E-state index contributed by atoms with van der Waals surface area (Å²) in [5.41, 5.74) is 1.76. The maximum Gasteiger partial charge on any atom is 0.243 e. The Balaban J connectivity index is 1.79. The molecule has 1 aliphatic rings. The van der Waals surface area contributed by atoms with E-state index in [0.29, 0.717) is 23.4 Å². The van der Waals surface area contributed by atoms with Gasteiger partial charge in [-0.3, -0.25) is 4.79 Å². The first-order chi connectivity index (χ1) is 12.0. The van der Waals surface area contributed by atoms with Gasteiger partial charge >= 0.3 is 0 Å². The lowest BCUT2D eigenvalue weighted by atomic mass is 9.91. The van der Waals surface area contributed by atoms with Gasteiger partial charge in [-0.05, 0) is 37.0 Å². The van der Waals surface area contributed by atoms with Crippen molar-refractivity contribution in [3.8, 4) is 0 Å². The number of ketones is 1. The van der Waals surface area contributed by atoms with Crippen molar-refractivity contribution >= 4 is 15.8 Å². The Morgan fingerprint density at radius 1 is 1.08 bits per heavy atom. The maximum absolute atomic E-state index is 12.9. The van der Waals surface area contributed by atoms with Crippen molar-refractivity contribution in [1.29, 1.82) is 0 Å². The zero-order valence-corrected chi connectivity index (χ0v) is 15.2. The first-order valence-corrected chi connectivity index (χ1v) is 10.1. The molecule has 1 atom stereocenters. The van der Waals surface area contributed by atoms with Crippen LogP contribution in [0.2, 0.25) is 0 Å². The van der Waals surface area contributed by atoms with Crippen molar-refractivity contribution in [2.75, 3.05) is 13.1 Å². The van der Waals surface area contributed by atoms with Crippen LogP contribution in [-0.4, -0.2) is 31.6 Å². The summed E-state index contributed by atoms with van der Waals surface area (Å²) in [5.74, 6) is -0.248. The van der Waals surface area contributed by atoms with E-state index in [4.69, 9.17) is 0 Å². The second-order valence-corrected chi connectivity index (χ2v) is 8.37. The van der Waals surface area contributed by atoms with Gasteiger partial charge in [0.25, 0.3) is 0 Å². The third-order valence-electron chi connectivity index (χ3n) is 4.78. The molecule has 0 N–H and O–H groups in total. The number of carbonyl (C=O) groups is 1.